The zero-order valence-corrected chi connectivity index (χ0v) is 9.98. The molecule has 3 heteroatoms. The van der Waals surface area contributed by atoms with Gasteiger partial charge in [-0.15, -0.1) is 0 Å². The highest BCUT2D eigenvalue weighted by Crippen LogP contribution is 2.22. The van der Waals surface area contributed by atoms with Crippen molar-refractivity contribution < 1.29 is 0 Å². The van der Waals surface area contributed by atoms with Gasteiger partial charge in [0.15, 0.2) is 0 Å². The van der Waals surface area contributed by atoms with Crippen LogP contribution in [0.4, 0.5) is 5.82 Å². The minimum Gasteiger partial charge on any atom is -0.383 e. The van der Waals surface area contributed by atoms with Crippen LogP contribution in [-0.4, -0.2) is 11.5 Å². The van der Waals surface area contributed by atoms with Gasteiger partial charge in [0.05, 0.1) is 0 Å². The van der Waals surface area contributed by atoms with Crippen molar-refractivity contribution in [2.24, 2.45) is 5.73 Å². The third-order valence-corrected chi connectivity index (χ3v) is 2.81. The van der Waals surface area contributed by atoms with Crippen LogP contribution in [0, 0.1) is 6.92 Å². The number of benzene rings is 1. The van der Waals surface area contributed by atoms with E-state index in [0.29, 0.717) is 12.4 Å². The Morgan fingerprint density at radius 1 is 1.18 bits per heavy atom. The molecule has 0 spiro atoms. The van der Waals surface area contributed by atoms with E-state index < -0.39 is 0 Å². The van der Waals surface area contributed by atoms with E-state index in [1.807, 2.05) is 19.2 Å². The standard InChI is InChI=1S/C14H17N3/c1-10-7-13(9-17-14(10)16)12-4-2-3-11(8-12)5-6-15/h2-4,7-9H,5-6,15H2,1H3,(H2,16,17). The second-order valence-corrected chi connectivity index (χ2v) is 4.17. The highest BCUT2D eigenvalue weighted by Gasteiger charge is 2.02. The van der Waals surface area contributed by atoms with Crippen LogP contribution >= 0.6 is 0 Å². The predicted molar refractivity (Wildman–Crippen MR) is 71.6 cm³/mol. The molecule has 17 heavy (non-hydrogen) atoms. The van der Waals surface area contributed by atoms with Crippen molar-refractivity contribution >= 4 is 5.82 Å². The first-order valence-corrected chi connectivity index (χ1v) is 5.72. The lowest BCUT2D eigenvalue weighted by atomic mass is 10.0. The lowest BCUT2D eigenvalue weighted by molar-refractivity contribution is 0.969. The van der Waals surface area contributed by atoms with E-state index in [1.165, 1.54) is 5.56 Å². The summed E-state index contributed by atoms with van der Waals surface area (Å²) in [6.07, 6.45) is 2.71. The predicted octanol–water partition coefficient (Wildman–Crippen LogP) is 2.14. The maximum absolute atomic E-state index is 5.72. The summed E-state index contributed by atoms with van der Waals surface area (Å²) in [4.78, 5) is 4.18. The van der Waals surface area contributed by atoms with Crippen LogP contribution < -0.4 is 11.5 Å². The summed E-state index contributed by atoms with van der Waals surface area (Å²) in [7, 11) is 0. The van der Waals surface area contributed by atoms with Crippen LogP contribution in [0.25, 0.3) is 11.1 Å². The zero-order chi connectivity index (χ0) is 12.3. The number of aromatic nitrogens is 1. The molecule has 0 aliphatic rings. The van der Waals surface area contributed by atoms with Gasteiger partial charge in [0.1, 0.15) is 5.82 Å². The largest absolute Gasteiger partial charge is 0.383 e. The second kappa shape index (κ2) is 4.97. The maximum Gasteiger partial charge on any atom is 0.126 e. The first-order valence-electron chi connectivity index (χ1n) is 5.72. The van der Waals surface area contributed by atoms with Gasteiger partial charge in [-0.3, -0.25) is 0 Å². The van der Waals surface area contributed by atoms with Gasteiger partial charge < -0.3 is 11.5 Å². The molecule has 0 amide bonds. The minimum atomic E-state index is 0.590. The summed E-state index contributed by atoms with van der Waals surface area (Å²) in [6.45, 7) is 2.64. The number of nitrogens with zero attached hydrogens (tertiary/aromatic N) is 1. The van der Waals surface area contributed by atoms with Crippen LogP contribution in [0.2, 0.25) is 0 Å². The van der Waals surface area contributed by atoms with Crippen LogP contribution in [0.5, 0.6) is 0 Å². The highest BCUT2D eigenvalue weighted by molar-refractivity contribution is 5.65. The van der Waals surface area contributed by atoms with E-state index in [-0.39, 0.29) is 0 Å². The molecule has 0 bridgehead atoms. The Kier molecular flexibility index (Phi) is 3.40. The Labute approximate surface area is 101 Å². The molecule has 88 valence electrons. The molecule has 4 N–H and O–H groups in total. The number of aryl methyl sites for hydroxylation is 1. The third kappa shape index (κ3) is 2.63. The zero-order valence-electron chi connectivity index (χ0n) is 9.98. The van der Waals surface area contributed by atoms with E-state index >= 15 is 0 Å². The van der Waals surface area contributed by atoms with Crippen molar-refractivity contribution in [2.75, 3.05) is 12.3 Å². The monoisotopic (exact) mass is 227 g/mol. The molecule has 1 heterocycles. The molecule has 2 aromatic rings. The van der Waals surface area contributed by atoms with Gasteiger partial charge in [-0.25, -0.2) is 4.98 Å². The van der Waals surface area contributed by atoms with Crippen molar-refractivity contribution in [3.05, 3.63) is 47.7 Å². The van der Waals surface area contributed by atoms with Gasteiger partial charge in [-0.2, -0.15) is 0 Å². The van der Waals surface area contributed by atoms with Crippen LogP contribution in [-0.2, 0) is 6.42 Å². The molecular formula is C14H17N3. The molecule has 0 aliphatic heterocycles. The number of hydrogen-bond acceptors (Lipinski definition) is 3. The topological polar surface area (TPSA) is 64.9 Å². The minimum absolute atomic E-state index is 0.590. The molecule has 0 saturated heterocycles. The normalized spacial score (nSPS) is 10.5. The van der Waals surface area contributed by atoms with E-state index in [4.69, 9.17) is 11.5 Å². The third-order valence-electron chi connectivity index (χ3n) is 2.81. The summed E-state index contributed by atoms with van der Waals surface area (Å²) >= 11 is 0. The number of anilines is 1. The van der Waals surface area contributed by atoms with Gasteiger partial charge in [-0.05, 0) is 42.6 Å². The van der Waals surface area contributed by atoms with Crippen molar-refractivity contribution in [3.8, 4) is 11.1 Å². The Bertz CT molecular complexity index is 521. The van der Waals surface area contributed by atoms with Gasteiger partial charge in [-0.1, -0.05) is 24.3 Å². The fourth-order valence-electron chi connectivity index (χ4n) is 1.82. The Hall–Kier alpha value is -1.87. The molecular weight excluding hydrogens is 210 g/mol. The van der Waals surface area contributed by atoms with E-state index in [1.54, 1.807) is 0 Å². The summed E-state index contributed by atoms with van der Waals surface area (Å²) < 4.78 is 0. The average molecular weight is 227 g/mol. The van der Waals surface area contributed by atoms with Crippen molar-refractivity contribution in [3.63, 3.8) is 0 Å². The average Bonchev–Trinajstić information content (AvgIpc) is 2.33. The van der Waals surface area contributed by atoms with Crippen LogP contribution in [0.15, 0.2) is 36.5 Å². The fraction of sp³-hybridized carbons (Fsp3) is 0.214. The Morgan fingerprint density at radius 2 is 2.00 bits per heavy atom. The molecule has 0 atom stereocenters. The quantitative estimate of drug-likeness (QED) is 0.844. The smallest absolute Gasteiger partial charge is 0.126 e. The number of rotatable bonds is 3. The molecule has 0 radical (unpaired) electrons. The summed E-state index contributed by atoms with van der Waals surface area (Å²) in [5.74, 6) is 0.590. The summed E-state index contributed by atoms with van der Waals surface area (Å²) in [5.41, 5.74) is 15.8. The maximum atomic E-state index is 5.72. The van der Waals surface area contributed by atoms with E-state index in [9.17, 15) is 0 Å². The first-order chi connectivity index (χ1) is 8.20. The van der Waals surface area contributed by atoms with Gasteiger partial charge in [0.2, 0.25) is 0 Å². The Morgan fingerprint density at radius 3 is 2.71 bits per heavy atom. The number of nitrogen functional groups attached to an aromatic ring is 1. The number of pyridine rings is 1. The summed E-state index contributed by atoms with van der Waals surface area (Å²) in [6, 6.07) is 10.4. The van der Waals surface area contributed by atoms with E-state index in [0.717, 1.165) is 23.1 Å². The molecule has 3 nitrogen and oxygen atoms in total. The molecule has 0 fully saturated rings. The molecule has 1 aromatic carbocycles. The SMILES string of the molecule is Cc1cc(-c2cccc(CCN)c2)cnc1N. The first kappa shape index (κ1) is 11.6. The molecule has 0 aliphatic carbocycles. The molecule has 0 saturated carbocycles. The van der Waals surface area contributed by atoms with Gasteiger partial charge >= 0.3 is 0 Å². The number of nitrogens with two attached hydrogens (primary N) is 2. The van der Waals surface area contributed by atoms with E-state index in [2.05, 4.69) is 29.2 Å². The second-order valence-electron chi connectivity index (χ2n) is 4.17. The molecule has 0 unspecified atom stereocenters. The lowest BCUT2D eigenvalue weighted by Crippen LogP contribution is -2.02. The van der Waals surface area contributed by atoms with Crippen molar-refractivity contribution in [1.29, 1.82) is 0 Å². The van der Waals surface area contributed by atoms with Crippen molar-refractivity contribution in [2.45, 2.75) is 13.3 Å². The molecule has 2 rings (SSSR count). The molecule has 1 aromatic heterocycles. The van der Waals surface area contributed by atoms with Crippen LogP contribution in [0.3, 0.4) is 0 Å². The van der Waals surface area contributed by atoms with Crippen LogP contribution in [0.1, 0.15) is 11.1 Å². The van der Waals surface area contributed by atoms with Crippen molar-refractivity contribution in [1.82, 2.24) is 4.98 Å². The lowest BCUT2D eigenvalue weighted by Gasteiger charge is -2.06. The highest BCUT2D eigenvalue weighted by atomic mass is 14.8. The summed E-state index contributed by atoms with van der Waals surface area (Å²) in [5, 5.41) is 0. The number of hydrogen-bond donors (Lipinski definition) is 2. The van der Waals surface area contributed by atoms with Gasteiger partial charge in [0.25, 0.3) is 0 Å². The van der Waals surface area contributed by atoms with Gasteiger partial charge in [0, 0.05) is 11.8 Å². The Balaban J connectivity index is 2.38. The fourth-order valence-corrected chi connectivity index (χ4v) is 1.82.